The van der Waals surface area contributed by atoms with Gasteiger partial charge in [-0.1, -0.05) is 18.2 Å². The number of phenols is 1. The Balaban J connectivity index is 1.16. The smallest absolute Gasteiger partial charge is 0.319 e. The number of aromatic nitrogens is 3. The molecule has 0 amide bonds. The minimum Gasteiger partial charge on any atom is -0.508 e. The van der Waals surface area contributed by atoms with Crippen LogP contribution in [-0.4, -0.2) is 94.3 Å². The van der Waals surface area contributed by atoms with Gasteiger partial charge in [-0.05, 0) is 78.8 Å². The Bertz CT molecular complexity index is 2120. The van der Waals surface area contributed by atoms with E-state index in [2.05, 4.69) is 15.1 Å². The van der Waals surface area contributed by atoms with E-state index in [-0.39, 0.29) is 53.0 Å². The number of aryl methyl sites for hydroxylation is 1. The number of nitrogens with zero attached hydrogens (tertiary/aromatic N) is 5. The third-order valence-electron chi connectivity index (χ3n) is 12.7. The Labute approximate surface area is 288 Å². The van der Waals surface area contributed by atoms with E-state index in [0.717, 1.165) is 44.2 Å². The summed E-state index contributed by atoms with van der Waals surface area (Å²) in [6.07, 6.45) is 6.01. The SMILES string of the molecule is COCCc1cccc2cc(O)cc(-c3c(F)c4nc(OC[C@]56C[C@@H](F)CN5CC5(CC5)C6)nc5c4n(c3=O)CCC3C4CCC(CN53)N4)c12. The standard InChI is InChI=1S/C38H42F2N6O4/c1-49-12-8-21-3-2-4-22-13-25(47)14-26(29(21)22)30-31(40)32-33-34(46-17-24-5-6-27(41-24)28(46)7-11-45(33)35(30)48)43-36(42-32)50-20-38-15-23(39)16-44(38)19-37(18-38)9-10-37/h2-4,13-14,23-24,27-28,41,47H,5-12,15-20H2,1H3/t23-,24?,27?,28?,38-/m1/s1. The quantitative estimate of drug-likeness (QED) is 0.287. The number of aromatic hydroxyl groups is 1. The molecule has 2 N–H and O–H groups in total. The van der Waals surface area contributed by atoms with Crippen molar-refractivity contribution in [2.24, 2.45) is 5.41 Å². The molecule has 1 saturated carbocycles. The molecule has 2 aromatic carbocycles. The van der Waals surface area contributed by atoms with Crippen LogP contribution in [0, 0.1) is 11.2 Å². The van der Waals surface area contributed by atoms with Gasteiger partial charge in [-0.2, -0.15) is 9.97 Å². The maximum atomic E-state index is 17.4. The van der Waals surface area contributed by atoms with Crippen LogP contribution in [0.3, 0.4) is 0 Å². The largest absolute Gasteiger partial charge is 0.508 e. The van der Waals surface area contributed by atoms with Crippen molar-refractivity contribution in [1.82, 2.24) is 24.8 Å². The first-order valence-electron chi connectivity index (χ1n) is 18.2. The van der Waals surface area contributed by atoms with Gasteiger partial charge in [-0.15, -0.1) is 0 Å². The molecule has 1 spiro atoms. The van der Waals surface area contributed by atoms with Gasteiger partial charge in [0.2, 0.25) is 0 Å². The van der Waals surface area contributed by atoms with Gasteiger partial charge >= 0.3 is 6.01 Å². The summed E-state index contributed by atoms with van der Waals surface area (Å²) in [7, 11) is 1.63. The summed E-state index contributed by atoms with van der Waals surface area (Å²) in [4.78, 5) is 28.9. The topological polar surface area (TPSA) is 105 Å². The van der Waals surface area contributed by atoms with Gasteiger partial charge < -0.3 is 29.4 Å². The molecule has 3 unspecified atom stereocenters. The van der Waals surface area contributed by atoms with Gasteiger partial charge in [-0.25, -0.2) is 8.78 Å². The molecule has 6 aliphatic rings. The van der Waals surface area contributed by atoms with Crippen molar-refractivity contribution >= 4 is 27.6 Å². The van der Waals surface area contributed by atoms with Gasteiger partial charge in [0.05, 0.1) is 17.7 Å². The highest BCUT2D eigenvalue weighted by molar-refractivity contribution is 6.02. The second-order valence-corrected chi connectivity index (χ2v) is 15.9. The lowest BCUT2D eigenvalue weighted by Crippen LogP contribution is -2.58. The number of hydrogen-bond acceptors (Lipinski definition) is 9. The maximum absolute atomic E-state index is 17.4. The van der Waals surface area contributed by atoms with Crippen LogP contribution in [0.1, 0.15) is 50.5 Å². The molecule has 2 aromatic heterocycles. The number of phenolic OH excluding ortho intramolecular Hbond substituents is 1. The molecule has 262 valence electrons. The van der Waals surface area contributed by atoms with E-state index in [1.807, 2.05) is 18.2 Å². The summed E-state index contributed by atoms with van der Waals surface area (Å²) in [5, 5.41) is 16.0. The number of pyridine rings is 1. The second-order valence-electron chi connectivity index (χ2n) is 15.9. The Kier molecular flexibility index (Phi) is 6.84. The molecule has 5 aliphatic heterocycles. The lowest BCUT2D eigenvalue weighted by molar-refractivity contribution is 0.107. The zero-order chi connectivity index (χ0) is 33.9. The number of fused-ring (bicyclic) bond motifs is 7. The van der Waals surface area contributed by atoms with Crippen molar-refractivity contribution in [2.45, 2.75) is 87.7 Å². The van der Waals surface area contributed by atoms with Crippen LogP contribution in [0.4, 0.5) is 14.6 Å². The summed E-state index contributed by atoms with van der Waals surface area (Å²) in [6.45, 7) is 3.03. The van der Waals surface area contributed by atoms with Crippen LogP contribution in [0.5, 0.6) is 11.8 Å². The van der Waals surface area contributed by atoms with E-state index in [0.29, 0.717) is 73.2 Å². The van der Waals surface area contributed by atoms with Crippen LogP contribution >= 0.6 is 0 Å². The van der Waals surface area contributed by atoms with Gasteiger partial charge in [0.1, 0.15) is 29.6 Å². The van der Waals surface area contributed by atoms with E-state index >= 15 is 4.39 Å². The maximum Gasteiger partial charge on any atom is 0.319 e. The molecule has 50 heavy (non-hydrogen) atoms. The fourth-order valence-corrected chi connectivity index (χ4v) is 10.4. The van der Waals surface area contributed by atoms with Crippen LogP contribution in [-0.2, 0) is 17.7 Å². The number of hydrogen-bond donors (Lipinski definition) is 2. The molecule has 7 heterocycles. The molecule has 5 atom stereocenters. The summed E-state index contributed by atoms with van der Waals surface area (Å²) >= 11 is 0. The lowest BCUT2D eigenvalue weighted by Gasteiger charge is -2.41. The van der Waals surface area contributed by atoms with Crippen molar-refractivity contribution in [2.75, 3.05) is 44.9 Å². The average molecular weight is 685 g/mol. The molecule has 5 fully saturated rings. The molecule has 2 bridgehead atoms. The normalized spacial score (nSPS) is 29.1. The lowest BCUT2D eigenvalue weighted by atomic mass is 9.89. The van der Waals surface area contributed by atoms with Gasteiger partial charge in [0, 0.05) is 63.4 Å². The highest BCUT2D eigenvalue weighted by Gasteiger charge is 2.62. The third kappa shape index (κ3) is 4.63. The van der Waals surface area contributed by atoms with Crippen LogP contribution in [0.2, 0.25) is 0 Å². The number of nitrogens with one attached hydrogen (secondary N) is 1. The number of alkyl halides is 1. The number of methoxy groups -OCH3 is 1. The predicted octanol–water partition coefficient (Wildman–Crippen LogP) is 4.70. The highest BCUT2D eigenvalue weighted by atomic mass is 19.1. The number of halogens is 2. The molecule has 4 aromatic rings. The first kappa shape index (κ1) is 30.9. The average Bonchev–Trinajstić information content (AvgIpc) is 3.56. The molecule has 0 radical (unpaired) electrons. The van der Waals surface area contributed by atoms with Crippen molar-refractivity contribution in [3.8, 4) is 22.9 Å². The van der Waals surface area contributed by atoms with Crippen molar-refractivity contribution in [3.63, 3.8) is 0 Å². The molecule has 10 rings (SSSR count). The fourth-order valence-electron chi connectivity index (χ4n) is 10.4. The van der Waals surface area contributed by atoms with E-state index in [1.165, 1.54) is 6.07 Å². The van der Waals surface area contributed by atoms with Crippen molar-refractivity contribution < 1.29 is 23.4 Å². The third-order valence-corrected chi connectivity index (χ3v) is 12.7. The van der Waals surface area contributed by atoms with E-state index in [9.17, 15) is 14.3 Å². The van der Waals surface area contributed by atoms with Gasteiger partial charge in [-0.3, -0.25) is 9.69 Å². The zero-order valence-electron chi connectivity index (χ0n) is 28.3. The summed E-state index contributed by atoms with van der Waals surface area (Å²) in [5.74, 6) is -0.305. The van der Waals surface area contributed by atoms with Crippen molar-refractivity contribution in [3.05, 3.63) is 52.1 Å². The van der Waals surface area contributed by atoms with Gasteiger partial charge in [0.15, 0.2) is 11.6 Å². The Morgan fingerprint density at radius 2 is 2.02 bits per heavy atom. The van der Waals surface area contributed by atoms with E-state index in [1.54, 1.807) is 17.7 Å². The molecule has 4 saturated heterocycles. The zero-order valence-corrected chi connectivity index (χ0v) is 28.3. The number of rotatable bonds is 7. The summed E-state index contributed by atoms with van der Waals surface area (Å²) < 4.78 is 45.8. The summed E-state index contributed by atoms with van der Waals surface area (Å²) in [6, 6.07) is 9.43. The molecular formula is C38H42F2N6O4. The molecule has 1 aliphatic carbocycles. The highest BCUT2D eigenvalue weighted by Crippen LogP contribution is 2.61. The van der Waals surface area contributed by atoms with Crippen LogP contribution in [0.25, 0.3) is 32.9 Å². The first-order chi connectivity index (χ1) is 24.2. The Hall–Kier alpha value is -3.87. The first-order valence-corrected chi connectivity index (χ1v) is 18.2. The Morgan fingerprint density at radius 3 is 2.86 bits per heavy atom. The monoisotopic (exact) mass is 684 g/mol. The van der Waals surface area contributed by atoms with Crippen LogP contribution in [0.15, 0.2) is 35.1 Å². The molecule has 10 nitrogen and oxygen atoms in total. The number of anilines is 1. The Morgan fingerprint density at radius 1 is 1.14 bits per heavy atom. The minimum atomic E-state index is -0.908. The number of benzene rings is 2. The predicted molar refractivity (Wildman–Crippen MR) is 185 cm³/mol. The number of piperazine rings is 1. The van der Waals surface area contributed by atoms with Crippen LogP contribution < -0.4 is 20.5 Å². The van der Waals surface area contributed by atoms with Crippen molar-refractivity contribution in [1.29, 1.82) is 0 Å². The summed E-state index contributed by atoms with van der Waals surface area (Å²) in [5.41, 5.74) is 0.817. The second kappa shape index (κ2) is 11.1. The molecular weight excluding hydrogens is 642 g/mol. The van der Waals surface area contributed by atoms with E-state index in [4.69, 9.17) is 19.4 Å². The fraction of sp³-hybridized carbons (Fsp3) is 0.553. The number of ether oxygens (including phenoxy) is 2. The minimum absolute atomic E-state index is 0.0197. The van der Waals surface area contributed by atoms with Gasteiger partial charge in [0.25, 0.3) is 5.56 Å². The molecule has 12 heteroatoms. The van der Waals surface area contributed by atoms with E-state index < -0.39 is 23.1 Å².